The lowest BCUT2D eigenvalue weighted by Crippen LogP contribution is -2.52. The molecule has 0 spiro atoms. The van der Waals surface area contributed by atoms with Crippen molar-refractivity contribution in [2.24, 2.45) is 5.92 Å². The number of rotatable bonds is 3. The molecule has 3 heteroatoms. The summed E-state index contributed by atoms with van der Waals surface area (Å²) in [5.41, 5.74) is 1.42. The van der Waals surface area contributed by atoms with Gasteiger partial charge in [-0.2, -0.15) is 0 Å². The van der Waals surface area contributed by atoms with Gasteiger partial charge in [0.05, 0.1) is 0 Å². The molecule has 3 rings (SSSR count). The molecule has 1 saturated heterocycles. The van der Waals surface area contributed by atoms with Crippen molar-refractivity contribution < 1.29 is 0 Å². The second kappa shape index (κ2) is 7.26. The Kier molecular flexibility index (Phi) is 5.36. The van der Waals surface area contributed by atoms with Gasteiger partial charge in [-0.25, -0.2) is 0 Å². The second-order valence-corrected chi connectivity index (χ2v) is 7.69. The lowest BCUT2D eigenvalue weighted by molar-refractivity contribution is 0.0518. The smallest absolute Gasteiger partial charge is 0.0235 e. The molecule has 116 valence electrons. The van der Waals surface area contributed by atoms with Crippen molar-refractivity contribution in [3.05, 3.63) is 34.3 Å². The van der Waals surface area contributed by atoms with Crippen LogP contribution in [-0.4, -0.2) is 42.0 Å². The molecule has 2 fully saturated rings. The Morgan fingerprint density at radius 2 is 1.86 bits per heavy atom. The summed E-state index contributed by atoms with van der Waals surface area (Å²) < 4.78 is 1.19. The van der Waals surface area contributed by atoms with Crippen LogP contribution in [-0.2, 0) is 6.54 Å². The van der Waals surface area contributed by atoms with E-state index >= 15 is 0 Å². The molecule has 0 N–H and O–H groups in total. The summed E-state index contributed by atoms with van der Waals surface area (Å²) in [4.78, 5) is 5.37. The zero-order valence-corrected chi connectivity index (χ0v) is 14.7. The van der Waals surface area contributed by atoms with Crippen molar-refractivity contribution in [1.29, 1.82) is 0 Å². The highest BCUT2D eigenvalue weighted by molar-refractivity contribution is 9.10. The van der Waals surface area contributed by atoms with Crippen LogP contribution in [0.25, 0.3) is 0 Å². The Morgan fingerprint density at radius 1 is 1.10 bits per heavy atom. The normalized spacial score (nSPS) is 28.7. The van der Waals surface area contributed by atoms with Crippen LogP contribution >= 0.6 is 15.9 Å². The van der Waals surface area contributed by atoms with Gasteiger partial charge in [-0.15, -0.1) is 0 Å². The molecule has 1 heterocycles. The minimum atomic E-state index is 0.853. The molecule has 0 aromatic heterocycles. The fraction of sp³-hybridized carbons (Fsp3) is 0.667. The van der Waals surface area contributed by atoms with Crippen LogP contribution in [0.5, 0.6) is 0 Å². The molecule has 0 unspecified atom stereocenters. The number of hydrogen-bond donors (Lipinski definition) is 0. The van der Waals surface area contributed by atoms with E-state index in [-0.39, 0.29) is 0 Å². The van der Waals surface area contributed by atoms with Gasteiger partial charge in [0.15, 0.2) is 0 Å². The maximum Gasteiger partial charge on any atom is 0.0235 e. The van der Waals surface area contributed by atoms with Crippen molar-refractivity contribution in [2.75, 3.05) is 26.2 Å². The average molecular weight is 351 g/mol. The molecule has 2 nitrogen and oxygen atoms in total. The van der Waals surface area contributed by atoms with Gasteiger partial charge >= 0.3 is 0 Å². The van der Waals surface area contributed by atoms with Crippen LogP contribution in [0.4, 0.5) is 0 Å². The van der Waals surface area contributed by atoms with E-state index in [4.69, 9.17) is 0 Å². The summed E-state index contributed by atoms with van der Waals surface area (Å²) in [5.74, 6) is 0.898. The fourth-order valence-electron chi connectivity index (χ4n) is 3.99. The van der Waals surface area contributed by atoms with Gasteiger partial charge in [0.2, 0.25) is 0 Å². The summed E-state index contributed by atoms with van der Waals surface area (Å²) >= 11 is 3.57. The summed E-state index contributed by atoms with van der Waals surface area (Å²) in [6.07, 6.45) is 5.74. The van der Waals surface area contributed by atoms with Crippen LogP contribution in [0, 0.1) is 5.92 Å². The van der Waals surface area contributed by atoms with Crippen molar-refractivity contribution in [3.8, 4) is 0 Å². The first-order valence-electron chi connectivity index (χ1n) is 8.43. The number of halogens is 1. The number of benzene rings is 1. The first-order chi connectivity index (χ1) is 10.2. The number of piperazine rings is 1. The predicted octanol–water partition coefficient (Wildman–Crippen LogP) is 4.15. The molecule has 2 aliphatic rings. The van der Waals surface area contributed by atoms with E-state index in [1.54, 1.807) is 0 Å². The summed E-state index contributed by atoms with van der Waals surface area (Å²) in [7, 11) is 0. The first-order valence-corrected chi connectivity index (χ1v) is 9.22. The van der Waals surface area contributed by atoms with Crippen molar-refractivity contribution in [3.63, 3.8) is 0 Å². The second-order valence-electron chi connectivity index (χ2n) is 6.77. The van der Waals surface area contributed by atoms with Crippen molar-refractivity contribution in [2.45, 2.75) is 45.2 Å². The van der Waals surface area contributed by atoms with Crippen LogP contribution in [0.2, 0.25) is 0 Å². The van der Waals surface area contributed by atoms with Crippen molar-refractivity contribution in [1.82, 2.24) is 9.80 Å². The van der Waals surface area contributed by atoms with E-state index in [1.165, 1.54) is 61.9 Å². The molecule has 0 amide bonds. The molecule has 1 aromatic carbocycles. The lowest BCUT2D eigenvalue weighted by Gasteiger charge is -2.43. The predicted molar refractivity (Wildman–Crippen MR) is 92.4 cm³/mol. The molecule has 1 aliphatic carbocycles. The van der Waals surface area contributed by atoms with E-state index in [0.717, 1.165) is 18.5 Å². The van der Waals surface area contributed by atoms with Gasteiger partial charge in [-0.1, -0.05) is 47.8 Å². The average Bonchev–Trinajstić information content (AvgIpc) is 2.49. The third-order valence-electron chi connectivity index (χ3n) is 5.24. The van der Waals surface area contributed by atoms with Gasteiger partial charge in [0.1, 0.15) is 0 Å². The molecule has 1 aromatic rings. The maximum absolute atomic E-state index is 3.57. The van der Waals surface area contributed by atoms with Gasteiger partial charge in [-0.05, 0) is 36.5 Å². The lowest BCUT2D eigenvalue weighted by atomic mass is 9.84. The quantitative estimate of drug-likeness (QED) is 0.807. The molecule has 21 heavy (non-hydrogen) atoms. The molecule has 0 radical (unpaired) electrons. The largest absolute Gasteiger partial charge is 0.298 e. The Labute approximate surface area is 137 Å². The van der Waals surface area contributed by atoms with Crippen molar-refractivity contribution >= 4 is 15.9 Å². The first kappa shape index (κ1) is 15.5. The Hall–Kier alpha value is -0.380. The van der Waals surface area contributed by atoms with Gasteiger partial charge in [-0.3, -0.25) is 9.80 Å². The molecular formula is C18H27BrN2. The minimum Gasteiger partial charge on any atom is -0.298 e. The van der Waals surface area contributed by atoms with Crippen LogP contribution in [0.15, 0.2) is 28.7 Å². The molecule has 0 bridgehead atoms. The van der Waals surface area contributed by atoms with E-state index in [9.17, 15) is 0 Å². The SMILES string of the molecule is C[C@H]1CCCC[C@H]1N1CCN(Cc2cccc(Br)c2)CC1. The summed E-state index contributed by atoms with van der Waals surface area (Å²) in [6.45, 7) is 8.49. The minimum absolute atomic E-state index is 0.853. The Morgan fingerprint density at radius 3 is 2.57 bits per heavy atom. The van der Waals surface area contributed by atoms with E-state index < -0.39 is 0 Å². The van der Waals surface area contributed by atoms with Crippen LogP contribution in [0.1, 0.15) is 38.2 Å². The van der Waals surface area contributed by atoms with Crippen LogP contribution < -0.4 is 0 Å². The zero-order valence-electron chi connectivity index (χ0n) is 13.1. The van der Waals surface area contributed by atoms with E-state index in [0.29, 0.717) is 0 Å². The number of nitrogens with zero attached hydrogens (tertiary/aromatic N) is 2. The third kappa shape index (κ3) is 4.08. The molecule has 2 atom stereocenters. The fourth-order valence-corrected chi connectivity index (χ4v) is 4.43. The highest BCUT2D eigenvalue weighted by Crippen LogP contribution is 2.28. The van der Waals surface area contributed by atoms with E-state index in [2.05, 4.69) is 56.9 Å². The maximum atomic E-state index is 3.57. The van der Waals surface area contributed by atoms with Gasteiger partial charge < -0.3 is 0 Å². The Bertz CT molecular complexity index is 454. The standard InChI is InChI=1S/C18H27BrN2/c1-15-5-2-3-8-18(15)21-11-9-20(10-12-21)14-16-6-4-7-17(19)13-16/h4,6-7,13,15,18H,2-3,5,8-12,14H2,1H3/t15-,18+/m0/s1. The van der Waals surface area contributed by atoms with Crippen LogP contribution in [0.3, 0.4) is 0 Å². The zero-order chi connectivity index (χ0) is 14.7. The Balaban J connectivity index is 1.50. The monoisotopic (exact) mass is 350 g/mol. The highest BCUT2D eigenvalue weighted by atomic mass is 79.9. The number of hydrogen-bond acceptors (Lipinski definition) is 2. The summed E-state index contributed by atoms with van der Waals surface area (Å²) in [6, 6.07) is 9.58. The molecular weight excluding hydrogens is 324 g/mol. The molecule has 1 saturated carbocycles. The summed E-state index contributed by atoms with van der Waals surface area (Å²) in [5, 5.41) is 0. The topological polar surface area (TPSA) is 6.48 Å². The highest BCUT2D eigenvalue weighted by Gasteiger charge is 2.29. The van der Waals surface area contributed by atoms with Gasteiger partial charge in [0, 0.05) is 43.2 Å². The van der Waals surface area contributed by atoms with E-state index in [1.807, 2.05) is 0 Å². The van der Waals surface area contributed by atoms with Gasteiger partial charge in [0.25, 0.3) is 0 Å². The molecule has 1 aliphatic heterocycles. The third-order valence-corrected chi connectivity index (χ3v) is 5.73.